The third-order valence-electron chi connectivity index (χ3n) is 10.5. The Labute approximate surface area is 189 Å². The first-order valence-electron chi connectivity index (χ1n) is 12.9. The lowest BCUT2D eigenvalue weighted by atomic mass is 9.45. The molecule has 8 unspecified atom stereocenters. The molecule has 4 saturated carbocycles. The number of aliphatic hydroxyl groups is 2. The first-order valence-corrected chi connectivity index (χ1v) is 12.9. The summed E-state index contributed by atoms with van der Waals surface area (Å²) in [6, 6.07) is 8.93. The normalized spacial score (nSPS) is 46.0. The average molecular weight is 423 g/mol. The Morgan fingerprint density at radius 2 is 1.61 bits per heavy atom. The van der Waals surface area contributed by atoms with Crippen LogP contribution in [0.3, 0.4) is 0 Å². The van der Waals surface area contributed by atoms with Crippen LogP contribution in [0.4, 0.5) is 0 Å². The van der Waals surface area contributed by atoms with Gasteiger partial charge >= 0.3 is 0 Å². The van der Waals surface area contributed by atoms with Gasteiger partial charge in [0.15, 0.2) is 0 Å². The standard InChI is InChI=1S/C29H42O2/c1-18(2)20-7-5-19(6-8-20)15-21-16-26-24-10-9-22-17-23(30)11-13-28(22,3)25(24)12-14-29(26,4)27(21)31/h5-8,15,18,22-27,30-31H,9-14,16-17H2,1-4H3/b21-15+. The van der Waals surface area contributed by atoms with E-state index >= 15 is 0 Å². The molecule has 2 nitrogen and oxygen atoms in total. The third-order valence-corrected chi connectivity index (χ3v) is 10.5. The summed E-state index contributed by atoms with van der Waals surface area (Å²) in [5.74, 6) is 3.36. The van der Waals surface area contributed by atoms with Gasteiger partial charge in [0.1, 0.15) is 0 Å². The van der Waals surface area contributed by atoms with Crippen molar-refractivity contribution in [2.75, 3.05) is 0 Å². The number of aliphatic hydroxyl groups excluding tert-OH is 2. The SMILES string of the molecule is CC(C)c1ccc(/C=C2\CC3C4CCC5CC(O)CCC5(C)C4CCC3(C)C2O)cc1. The fourth-order valence-corrected chi connectivity index (χ4v) is 8.43. The van der Waals surface area contributed by atoms with Crippen molar-refractivity contribution in [1.29, 1.82) is 0 Å². The molecule has 0 aromatic heterocycles. The molecule has 2 N–H and O–H groups in total. The lowest BCUT2D eigenvalue weighted by molar-refractivity contribution is -0.133. The largest absolute Gasteiger partial charge is 0.393 e. The molecule has 0 bridgehead atoms. The summed E-state index contributed by atoms with van der Waals surface area (Å²) in [4.78, 5) is 0. The zero-order valence-electron chi connectivity index (χ0n) is 20.0. The van der Waals surface area contributed by atoms with Gasteiger partial charge in [0.25, 0.3) is 0 Å². The van der Waals surface area contributed by atoms with Crippen LogP contribution in [-0.4, -0.2) is 22.4 Å². The molecule has 0 aliphatic heterocycles. The van der Waals surface area contributed by atoms with Gasteiger partial charge in [0.2, 0.25) is 0 Å². The quantitative estimate of drug-likeness (QED) is 0.566. The van der Waals surface area contributed by atoms with Crippen molar-refractivity contribution in [3.05, 3.63) is 41.0 Å². The van der Waals surface area contributed by atoms with Crippen LogP contribution in [0.2, 0.25) is 0 Å². The van der Waals surface area contributed by atoms with E-state index in [0.29, 0.717) is 23.2 Å². The molecule has 0 amide bonds. The van der Waals surface area contributed by atoms with E-state index in [-0.39, 0.29) is 17.6 Å². The van der Waals surface area contributed by atoms with Crippen LogP contribution in [0.15, 0.2) is 29.8 Å². The highest BCUT2D eigenvalue weighted by atomic mass is 16.3. The smallest absolute Gasteiger partial charge is 0.0809 e. The summed E-state index contributed by atoms with van der Waals surface area (Å²) in [6.07, 6.45) is 11.1. The van der Waals surface area contributed by atoms with Crippen molar-refractivity contribution < 1.29 is 10.2 Å². The summed E-state index contributed by atoms with van der Waals surface area (Å²) < 4.78 is 0. The van der Waals surface area contributed by atoms with Crippen LogP contribution in [0.25, 0.3) is 6.08 Å². The molecule has 4 aliphatic carbocycles. The van der Waals surface area contributed by atoms with Gasteiger partial charge in [-0.05, 0) is 103 Å². The molecule has 0 radical (unpaired) electrons. The minimum atomic E-state index is -0.304. The molecule has 5 rings (SSSR count). The van der Waals surface area contributed by atoms with Gasteiger partial charge in [-0.15, -0.1) is 0 Å². The molecule has 0 saturated heterocycles. The second-order valence-electron chi connectivity index (χ2n) is 12.3. The molecule has 4 aliphatic rings. The molecule has 0 heterocycles. The number of hydrogen-bond acceptors (Lipinski definition) is 2. The van der Waals surface area contributed by atoms with E-state index in [9.17, 15) is 10.2 Å². The molecule has 31 heavy (non-hydrogen) atoms. The van der Waals surface area contributed by atoms with Gasteiger partial charge in [-0.3, -0.25) is 0 Å². The highest BCUT2D eigenvalue weighted by Crippen LogP contribution is 2.67. The number of hydrogen-bond donors (Lipinski definition) is 2. The highest BCUT2D eigenvalue weighted by molar-refractivity contribution is 5.56. The van der Waals surface area contributed by atoms with E-state index in [1.807, 2.05) is 0 Å². The number of benzene rings is 1. The monoisotopic (exact) mass is 422 g/mol. The second-order valence-corrected chi connectivity index (χ2v) is 12.3. The Morgan fingerprint density at radius 1 is 0.903 bits per heavy atom. The minimum Gasteiger partial charge on any atom is -0.393 e. The van der Waals surface area contributed by atoms with Gasteiger partial charge < -0.3 is 10.2 Å². The number of fused-ring (bicyclic) bond motifs is 5. The van der Waals surface area contributed by atoms with Gasteiger partial charge in [0, 0.05) is 5.41 Å². The molecule has 1 aromatic carbocycles. The van der Waals surface area contributed by atoms with E-state index in [0.717, 1.165) is 37.5 Å². The lowest BCUT2D eigenvalue weighted by Crippen LogP contribution is -2.54. The van der Waals surface area contributed by atoms with Crippen molar-refractivity contribution in [3.63, 3.8) is 0 Å². The molecule has 4 fully saturated rings. The fraction of sp³-hybridized carbons (Fsp3) is 0.724. The Kier molecular flexibility index (Phi) is 5.42. The molecule has 2 heteroatoms. The lowest BCUT2D eigenvalue weighted by Gasteiger charge is -2.60. The fourth-order valence-electron chi connectivity index (χ4n) is 8.43. The molecule has 0 spiro atoms. The van der Waals surface area contributed by atoms with Crippen LogP contribution in [0.5, 0.6) is 0 Å². The van der Waals surface area contributed by atoms with Crippen molar-refractivity contribution in [3.8, 4) is 0 Å². The zero-order chi connectivity index (χ0) is 22.0. The first-order chi connectivity index (χ1) is 14.7. The minimum absolute atomic E-state index is 0.0300. The van der Waals surface area contributed by atoms with Crippen molar-refractivity contribution >= 4 is 6.08 Å². The maximum atomic E-state index is 11.5. The van der Waals surface area contributed by atoms with Crippen LogP contribution < -0.4 is 0 Å². The van der Waals surface area contributed by atoms with E-state index in [1.54, 1.807) is 0 Å². The van der Waals surface area contributed by atoms with Crippen LogP contribution in [-0.2, 0) is 0 Å². The molecular formula is C29H42O2. The summed E-state index contributed by atoms with van der Waals surface area (Å²) >= 11 is 0. The second kappa shape index (κ2) is 7.73. The Bertz CT molecular complexity index is 839. The van der Waals surface area contributed by atoms with Crippen LogP contribution in [0.1, 0.15) is 96.1 Å². The van der Waals surface area contributed by atoms with Crippen LogP contribution in [0, 0.1) is 34.5 Å². The summed E-state index contributed by atoms with van der Waals surface area (Å²) in [6.45, 7) is 9.39. The maximum absolute atomic E-state index is 11.5. The maximum Gasteiger partial charge on any atom is 0.0809 e. The van der Waals surface area contributed by atoms with Gasteiger partial charge in [0.05, 0.1) is 12.2 Å². The average Bonchev–Trinajstić information content (AvgIpc) is 2.99. The van der Waals surface area contributed by atoms with Gasteiger partial charge in [-0.25, -0.2) is 0 Å². The zero-order valence-corrected chi connectivity index (χ0v) is 20.0. The Hall–Kier alpha value is -1.12. The topological polar surface area (TPSA) is 40.5 Å². The Balaban J connectivity index is 1.40. The van der Waals surface area contributed by atoms with E-state index in [4.69, 9.17) is 0 Å². The Morgan fingerprint density at radius 3 is 2.32 bits per heavy atom. The van der Waals surface area contributed by atoms with Crippen LogP contribution >= 0.6 is 0 Å². The van der Waals surface area contributed by atoms with Gasteiger partial charge in [-0.2, -0.15) is 0 Å². The summed E-state index contributed by atoms with van der Waals surface area (Å²) in [7, 11) is 0. The van der Waals surface area contributed by atoms with Crippen molar-refractivity contribution in [2.45, 2.75) is 97.2 Å². The van der Waals surface area contributed by atoms with E-state index in [2.05, 4.69) is 58.0 Å². The van der Waals surface area contributed by atoms with E-state index in [1.165, 1.54) is 42.4 Å². The molecule has 1 aromatic rings. The molecular weight excluding hydrogens is 380 g/mol. The molecule has 8 atom stereocenters. The number of rotatable bonds is 2. The first kappa shape index (κ1) is 21.7. The molecule has 170 valence electrons. The van der Waals surface area contributed by atoms with Crippen molar-refractivity contribution in [1.82, 2.24) is 0 Å². The predicted octanol–water partition coefficient (Wildman–Crippen LogP) is 6.57. The third kappa shape index (κ3) is 3.44. The van der Waals surface area contributed by atoms with E-state index < -0.39 is 0 Å². The van der Waals surface area contributed by atoms with Crippen molar-refractivity contribution in [2.24, 2.45) is 34.5 Å². The summed E-state index contributed by atoms with van der Waals surface area (Å²) in [5, 5.41) is 21.7. The van der Waals surface area contributed by atoms with Gasteiger partial charge in [-0.1, -0.05) is 58.0 Å². The summed E-state index contributed by atoms with van der Waals surface area (Å²) in [5.41, 5.74) is 4.29. The highest BCUT2D eigenvalue weighted by Gasteiger charge is 2.61. The predicted molar refractivity (Wildman–Crippen MR) is 128 cm³/mol.